The average Bonchev–Trinajstić information content (AvgIpc) is 2.69. The first kappa shape index (κ1) is 12.6. The van der Waals surface area contributed by atoms with E-state index in [4.69, 9.17) is 11.6 Å². The van der Waals surface area contributed by atoms with E-state index in [-0.39, 0.29) is 22.0 Å². The minimum absolute atomic E-state index is 0.201. The van der Waals surface area contributed by atoms with Crippen LogP contribution < -0.4 is 0 Å². The number of hydrogen-bond donors (Lipinski definition) is 0. The smallest absolute Gasteiger partial charge is 0.343 e. The number of nitrogens with zero attached hydrogens (tertiary/aromatic N) is 1. The second-order valence-corrected chi connectivity index (χ2v) is 3.72. The molecule has 0 fully saturated rings. The lowest BCUT2D eigenvalue weighted by Crippen LogP contribution is -2.07. The summed E-state index contributed by atoms with van der Waals surface area (Å²) in [4.78, 5) is 10.8. The van der Waals surface area contributed by atoms with E-state index in [1.165, 1.54) is 18.2 Å². The van der Waals surface area contributed by atoms with Crippen molar-refractivity contribution < 1.29 is 22.5 Å². The zero-order valence-corrected chi connectivity index (χ0v) is 9.42. The molecule has 0 radical (unpaired) electrons. The molecule has 1 aromatic heterocycles. The first-order valence-electron chi connectivity index (χ1n) is 4.72. The normalized spacial score (nSPS) is 11.6. The third kappa shape index (κ3) is 2.11. The Labute approximate surface area is 104 Å². The van der Waals surface area contributed by atoms with E-state index in [2.05, 4.69) is 9.68 Å². The highest BCUT2D eigenvalue weighted by Crippen LogP contribution is 2.38. The number of alkyl halides is 3. The van der Waals surface area contributed by atoms with E-state index in [9.17, 15) is 18.0 Å². The summed E-state index contributed by atoms with van der Waals surface area (Å²) >= 11 is 5.52. The van der Waals surface area contributed by atoms with Crippen LogP contribution in [0, 0.1) is 0 Å². The van der Waals surface area contributed by atoms with Crippen molar-refractivity contribution in [2.45, 2.75) is 6.18 Å². The van der Waals surface area contributed by atoms with Gasteiger partial charge in [-0.1, -0.05) is 23.4 Å². The Kier molecular flexibility index (Phi) is 3.13. The Morgan fingerprint density at radius 3 is 2.56 bits per heavy atom. The molecule has 2 aromatic rings. The molecule has 0 saturated carbocycles. The molecule has 0 aliphatic carbocycles. The largest absolute Gasteiger partial charge is 0.417 e. The van der Waals surface area contributed by atoms with Gasteiger partial charge in [0.15, 0.2) is 6.29 Å². The lowest BCUT2D eigenvalue weighted by molar-refractivity contribution is -0.137. The molecule has 3 nitrogen and oxygen atoms in total. The summed E-state index contributed by atoms with van der Waals surface area (Å²) in [6, 6.07) is 4.74. The summed E-state index contributed by atoms with van der Waals surface area (Å²) < 4.78 is 42.9. The van der Waals surface area contributed by atoms with Crippen LogP contribution in [0.4, 0.5) is 13.2 Å². The first-order valence-corrected chi connectivity index (χ1v) is 5.10. The molecule has 0 N–H and O–H groups in total. The maximum Gasteiger partial charge on any atom is 0.417 e. The van der Waals surface area contributed by atoms with Crippen molar-refractivity contribution in [2.75, 3.05) is 0 Å². The van der Waals surface area contributed by atoms with Crippen molar-refractivity contribution in [3.8, 4) is 11.3 Å². The van der Waals surface area contributed by atoms with Crippen molar-refractivity contribution in [1.82, 2.24) is 5.16 Å². The van der Waals surface area contributed by atoms with Crippen molar-refractivity contribution in [3.05, 3.63) is 40.6 Å². The molecule has 7 heteroatoms. The van der Waals surface area contributed by atoms with Gasteiger partial charge in [-0.15, -0.1) is 0 Å². The van der Waals surface area contributed by atoms with Gasteiger partial charge in [-0.05, 0) is 17.7 Å². The van der Waals surface area contributed by atoms with Gasteiger partial charge in [0.1, 0.15) is 11.3 Å². The standard InChI is InChI=1S/C11H5ClF3NO2/c12-10-7(5-17)9(16-18-10)6-3-1-2-4-8(6)11(13,14)15/h1-5H. The van der Waals surface area contributed by atoms with E-state index < -0.39 is 11.7 Å². The summed E-state index contributed by atoms with van der Waals surface area (Å²) in [5.41, 5.74) is -1.57. The molecule has 94 valence electrons. The zero-order chi connectivity index (χ0) is 13.3. The molecule has 0 bridgehead atoms. The van der Waals surface area contributed by atoms with Crippen LogP contribution >= 0.6 is 11.6 Å². The van der Waals surface area contributed by atoms with Gasteiger partial charge in [0, 0.05) is 5.56 Å². The molecule has 0 atom stereocenters. The van der Waals surface area contributed by atoms with Crippen molar-refractivity contribution >= 4 is 17.9 Å². The lowest BCUT2D eigenvalue weighted by Gasteiger charge is -2.10. The Bertz CT molecular complexity index is 592. The van der Waals surface area contributed by atoms with E-state index >= 15 is 0 Å². The summed E-state index contributed by atoms with van der Waals surface area (Å²) in [6.07, 6.45) is -4.25. The average molecular weight is 276 g/mol. The monoisotopic (exact) mass is 275 g/mol. The van der Waals surface area contributed by atoms with Crippen LogP contribution in [0.15, 0.2) is 28.8 Å². The van der Waals surface area contributed by atoms with Crippen LogP contribution in [-0.4, -0.2) is 11.4 Å². The van der Waals surface area contributed by atoms with Gasteiger partial charge >= 0.3 is 6.18 Å². The summed E-state index contributed by atoms with van der Waals surface area (Å²) in [5, 5.41) is 3.06. The second-order valence-electron chi connectivity index (χ2n) is 3.38. The third-order valence-corrected chi connectivity index (χ3v) is 2.56. The van der Waals surface area contributed by atoms with Crippen molar-refractivity contribution in [3.63, 3.8) is 0 Å². The van der Waals surface area contributed by atoms with Crippen LogP contribution in [0.5, 0.6) is 0 Å². The molecule has 2 rings (SSSR count). The predicted octanol–water partition coefficient (Wildman–Crippen LogP) is 3.83. The fourth-order valence-electron chi connectivity index (χ4n) is 1.51. The highest BCUT2D eigenvalue weighted by Gasteiger charge is 2.35. The number of carbonyl (C=O) groups is 1. The van der Waals surface area contributed by atoms with Crippen LogP contribution in [0.1, 0.15) is 15.9 Å². The summed E-state index contributed by atoms with van der Waals surface area (Å²) in [5.74, 6) is 0. The van der Waals surface area contributed by atoms with Gasteiger partial charge in [-0.3, -0.25) is 4.79 Å². The van der Waals surface area contributed by atoms with E-state index in [1.807, 2.05) is 0 Å². The number of benzene rings is 1. The molecule has 0 spiro atoms. The molecule has 0 amide bonds. The molecule has 0 unspecified atom stereocenters. The molecule has 0 aliphatic heterocycles. The SMILES string of the molecule is O=Cc1c(-c2ccccc2C(F)(F)F)noc1Cl. The third-order valence-electron chi connectivity index (χ3n) is 2.29. The van der Waals surface area contributed by atoms with Crippen molar-refractivity contribution in [1.29, 1.82) is 0 Å². The summed E-state index contributed by atoms with van der Waals surface area (Å²) in [6.45, 7) is 0. The number of aldehydes is 1. The fraction of sp³-hybridized carbons (Fsp3) is 0.0909. The number of halogens is 4. The minimum Gasteiger partial charge on any atom is -0.343 e. The first-order chi connectivity index (χ1) is 8.45. The quantitative estimate of drug-likeness (QED) is 0.782. The topological polar surface area (TPSA) is 43.1 Å². The van der Waals surface area contributed by atoms with Gasteiger partial charge in [0.25, 0.3) is 0 Å². The molecule has 0 aliphatic rings. The van der Waals surface area contributed by atoms with Crippen molar-refractivity contribution in [2.24, 2.45) is 0 Å². The Balaban J connectivity index is 2.68. The molecule has 0 saturated heterocycles. The molecule has 1 aromatic carbocycles. The number of carbonyl (C=O) groups excluding carboxylic acids is 1. The Morgan fingerprint density at radius 1 is 1.28 bits per heavy atom. The molecular weight excluding hydrogens is 271 g/mol. The van der Waals surface area contributed by atoms with Gasteiger partial charge in [0.05, 0.1) is 5.56 Å². The Hall–Kier alpha value is -1.82. The fourth-order valence-corrected chi connectivity index (χ4v) is 1.68. The zero-order valence-electron chi connectivity index (χ0n) is 8.66. The maximum atomic E-state index is 12.8. The Morgan fingerprint density at radius 2 is 1.94 bits per heavy atom. The van der Waals surface area contributed by atoms with E-state index in [0.29, 0.717) is 6.29 Å². The van der Waals surface area contributed by atoms with Crippen LogP contribution in [0.2, 0.25) is 5.22 Å². The van der Waals surface area contributed by atoms with Gasteiger partial charge in [-0.25, -0.2) is 0 Å². The lowest BCUT2D eigenvalue weighted by atomic mass is 10.0. The number of hydrogen-bond acceptors (Lipinski definition) is 3. The van der Waals surface area contributed by atoms with E-state index in [1.54, 1.807) is 0 Å². The predicted molar refractivity (Wildman–Crippen MR) is 57.3 cm³/mol. The van der Waals surface area contributed by atoms with Crippen LogP contribution in [0.25, 0.3) is 11.3 Å². The molecule has 18 heavy (non-hydrogen) atoms. The van der Waals surface area contributed by atoms with Gasteiger partial charge in [0.2, 0.25) is 5.22 Å². The number of aromatic nitrogens is 1. The highest BCUT2D eigenvalue weighted by atomic mass is 35.5. The second kappa shape index (κ2) is 4.45. The number of rotatable bonds is 2. The summed E-state index contributed by atoms with van der Waals surface area (Å²) in [7, 11) is 0. The maximum absolute atomic E-state index is 12.8. The highest BCUT2D eigenvalue weighted by molar-refractivity contribution is 6.31. The molecular formula is C11H5ClF3NO2. The van der Waals surface area contributed by atoms with Gasteiger partial charge in [-0.2, -0.15) is 13.2 Å². The van der Waals surface area contributed by atoms with Crippen LogP contribution in [0.3, 0.4) is 0 Å². The van der Waals surface area contributed by atoms with Gasteiger partial charge < -0.3 is 4.52 Å². The van der Waals surface area contributed by atoms with Crippen LogP contribution in [-0.2, 0) is 6.18 Å². The minimum atomic E-state index is -4.55. The van der Waals surface area contributed by atoms with E-state index in [0.717, 1.165) is 6.07 Å². The molecule has 1 heterocycles.